The zero-order chi connectivity index (χ0) is 6.85. The summed E-state index contributed by atoms with van der Waals surface area (Å²) < 4.78 is 1.75. The van der Waals surface area contributed by atoms with Crippen molar-refractivity contribution in [3.8, 4) is 0 Å². The first-order valence-corrected chi connectivity index (χ1v) is 2.95. The van der Waals surface area contributed by atoms with Crippen LogP contribution in [0.25, 0.3) is 0 Å². The quantitative estimate of drug-likeness (QED) is 0.591. The highest BCUT2D eigenvalue weighted by Crippen LogP contribution is 2.03. The van der Waals surface area contributed by atoms with Crippen LogP contribution in [-0.4, -0.2) is 9.78 Å². The van der Waals surface area contributed by atoms with Gasteiger partial charge in [0.15, 0.2) is 0 Å². The molecule has 50 valence electrons. The SMILES string of the molecule is CC(N)c1ccn(C)n1. The second-order valence-electron chi connectivity index (χ2n) is 2.20. The summed E-state index contributed by atoms with van der Waals surface area (Å²) in [7, 11) is 1.88. The van der Waals surface area contributed by atoms with Gasteiger partial charge in [-0.2, -0.15) is 5.10 Å². The van der Waals surface area contributed by atoms with Crippen LogP contribution in [0.4, 0.5) is 0 Å². The molecule has 1 aromatic heterocycles. The van der Waals surface area contributed by atoms with Crippen LogP contribution in [0.3, 0.4) is 0 Å². The van der Waals surface area contributed by atoms with E-state index in [-0.39, 0.29) is 6.04 Å². The maximum absolute atomic E-state index is 5.55. The predicted molar refractivity (Wildman–Crippen MR) is 35.8 cm³/mol. The van der Waals surface area contributed by atoms with Crippen LogP contribution in [0.1, 0.15) is 18.7 Å². The van der Waals surface area contributed by atoms with E-state index < -0.39 is 0 Å². The van der Waals surface area contributed by atoms with Crippen molar-refractivity contribution in [2.45, 2.75) is 13.0 Å². The fourth-order valence-corrected chi connectivity index (χ4v) is 0.676. The third-order valence-corrected chi connectivity index (χ3v) is 1.20. The summed E-state index contributed by atoms with van der Waals surface area (Å²) in [5.74, 6) is 0. The van der Waals surface area contributed by atoms with Gasteiger partial charge in [0, 0.05) is 19.3 Å². The van der Waals surface area contributed by atoms with Crippen molar-refractivity contribution in [3.63, 3.8) is 0 Å². The molecule has 0 bridgehead atoms. The standard InChI is InChI=1S/C6H11N3/c1-5(7)6-3-4-9(2)8-6/h3-5H,7H2,1-2H3. The van der Waals surface area contributed by atoms with Gasteiger partial charge < -0.3 is 5.73 Å². The maximum atomic E-state index is 5.55. The van der Waals surface area contributed by atoms with Gasteiger partial charge in [0.25, 0.3) is 0 Å². The lowest BCUT2D eigenvalue weighted by Gasteiger charge is -1.96. The van der Waals surface area contributed by atoms with Crippen molar-refractivity contribution in [3.05, 3.63) is 18.0 Å². The van der Waals surface area contributed by atoms with E-state index in [1.54, 1.807) is 4.68 Å². The fraction of sp³-hybridized carbons (Fsp3) is 0.500. The average Bonchev–Trinajstić information content (AvgIpc) is 2.14. The Morgan fingerprint density at radius 1 is 1.78 bits per heavy atom. The summed E-state index contributed by atoms with van der Waals surface area (Å²) in [4.78, 5) is 0. The Labute approximate surface area is 54.5 Å². The molecule has 9 heavy (non-hydrogen) atoms. The van der Waals surface area contributed by atoms with E-state index in [1.165, 1.54) is 0 Å². The Balaban J connectivity index is 2.85. The van der Waals surface area contributed by atoms with E-state index in [0.717, 1.165) is 5.69 Å². The molecule has 0 aliphatic rings. The number of nitrogens with zero attached hydrogens (tertiary/aromatic N) is 2. The second kappa shape index (κ2) is 2.19. The van der Waals surface area contributed by atoms with Crippen LogP contribution in [0.5, 0.6) is 0 Å². The average molecular weight is 125 g/mol. The van der Waals surface area contributed by atoms with Gasteiger partial charge in [0.05, 0.1) is 5.69 Å². The van der Waals surface area contributed by atoms with Crippen molar-refractivity contribution in [2.24, 2.45) is 12.8 Å². The Morgan fingerprint density at radius 3 is 2.67 bits per heavy atom. The Kier molecular flexibility index (Phi) is 1.53. The normalized spacial score (nSPS) is 13.7. The van der Waals surface area contributed by atoms with E-state index in [4.69, 9.17) is 5.73 Å². The van der Waals surface area contributed by atoms with Gasteiger partial charge >= 0.3 is 0 Å². The number of nitrogens with two attached hydrogens (primary N) is 1. The number of hydrogen-bond donors (Lipinski definition) is 1. The molecule has 1 heterocycles. The van der Waals surface area contributed by atoms with E-state index in [9.17, 15) is 0 Å². The molecule has 0 radical (unpaired) electrons. The molecule has 1 aromatic rings. The molecule has 3 heteroatoms. The lowest BCUT2D eigenvalue weighted by atomic mass is 10.3. The molecular formula is C6H11N3. The molecule has 1 unspecified atom stereocenters. The van der Waals surface area contributed by atoms with Gasteiger partial charge in [-0.1, -0.05) is 0 Å². The lowest BCUT2D eigenvalue weighted by molar-refractivity contribution is 0.699. The van der Waals surface area contributed by atoms with Gasteiger partial charge in [-0.15, -0.1) is 0 Å². The number of hydrogen-bond acceptors (Lipinski definition) is 2. The first-order valence-electron chi connectivity index (χ1n) is 2.95. The molecule has 0 amide bonds. The van der Waals surface area contributed by atoms with Crippen molar-refractivity contribution in [1.82, 2.24) is 9.78 Å². The summed E-state index contributed by atoms with van der Waals surface area (Å²) in [6.45, 7) is 1.92. The monoisotopic (exact) mass is 125 g/mol. The van der Waals surface area contributed by atoms with Crippen LogP contribution in [0.15, 0.2) is 12.3 Å². The van der Waals surface area contributed by atoms with Crippen molar-refractivity contribution in [1.29, 1.82) is 0 Å². The molecule has 0 aromatic carbocycles. The largest absolute Gasteiger partial charge is 0.323 e. The van der Waals surface area contributed by atoms with Gasteiger partial charge in [0.2, 0.25) is 0 Å². The smallest absolute Gasteiger partial charge is 0.0788 e. The van der Waals surface area contributed by atoms with Gasteiger partial charge in [0.1, 0.15) is 0 Å². The van der Waals surface area contributed by atoms with Gasteiger partial charge in [-0.3, -0.25) is 4.68 Å². The van der Waals surface area contributed by atoms with Crippen LogP contribution in [0.2, 0.25) is 0 Å². The number of aromatic nitrogens is 2. The third-order valence-electron chi connectivity index (χ3n) is 1.20. The molecule has 1 rings (SSSR count). The van der Waals surface area contributed by atoms with E-state index >= 15 is 0 Å². The first-order chi connectivity index (χ1) is 4.20. The Hall–Kier alpha value is -0.830. The number of rotatable bonds is 1. The van der Waals surface area contributed by atoms with Gasteiger partial charge in [-0.05, 0) is 13.0 Å². The molecule has 0 spiro atoms. The van der Waals surface area contributed by atoms with E-state index in [0.29, 0.717) is 0 Å². The van der Waals surface area contributed by atoms with Crippen LogP contribution in [0, 0.1) is 0 Å². The van der Waals surface area contributed by atoms with Gasteiger partial charge in [-0.25, -0.2) is 0 Å². The maximum Gasteiger partial charge on any atom is 0.0788 e. The minimum absolute atomic E-state index is 0.0474. The molecule has 1 atom stereocenters. The Morgan fingerprint density at radius 2 is 2.44 bits per heavy atom. The summed E-state index contributed by atoms with van der Waals surface area (Å²) in [5, 5.41) is 4.10. The molecular weight excluding hydrogens is 114 g/mol. The topological polar surface area (TPSA) is 43.8 Å². The molecule has 0 fully saturated rings. The van der Waals surface area contributed by atoms with Crippen LogP contribution < -0.4 is 5.73 Å². The highest BCUT2D eigenvalue weighted by Gasteiger charge is 1.99. The van der Waals surface area contributed by atoms with Crippen molar-refractivity contribution in [2.75, 3.05) is 0 Å². The zero-order valence-corrected chi connectivity index (χ0v) is 5.70. The van der Waals surface area contributed by atoms with E-state index in [2.05, 4.69) is 5.10 Å². The second-order valence-corrected chi connectivity index (χ2v) is 2.20. The predicted octanol–water partition coefficient (Wildman–Crippen LogP) is 0.440. The summed E-state index contributed by atoms with van der Waals surface area (Å²) in [5.41, 5.74) is 6.49. The molecule has 0 saturated carbocycles. The summed E-state index contributed by atoms with van der Waals surface area (Å²) in [6.07, 6.45) is 1.89. The first kappa shape index (κ1) is 6.29. The third kappa shape index (κ3) is 1.29. The lowest BCUT2D eigenvalue weighted by Crippen LogP contribution is -2.06. The van der Waals surface area contributed by atoms with E-state index in [1.807, 2.05) is 26.2 Å². The van der Waals surface area contributed by atoms with Crippen molar-refractivity contribution >= 4 is 0 Å². The summed E-state index contributed by atoms with van der Waals surface area (Å²) in [6, 6.07) is 1.97. The highest BCUT2D eigenvalue weighted by atomic mass is 15.3. The van der Waals surface area contributed by atoms with Crippen molar-refractivity contribution < 1.29 is 0 Å². The Bertz CT molecular complexity index is 190. The van der Waals surface area contributed by atoms with Crippen LogP contribution >= 0.6 is 0 Å². The number of aryl methyl sites for hydroxylation is 1. The molecule has 0 aliphatic heterocycles. The van der Waals surface area contributed by atoms with Crippen LogP contribution in [-0.2, 0) is 7.05 Å². The molecule has 2 N–H and O–H groups in total. The minimum atomic E-state index is 0.0474. The minimum Gasteiger partial charge on any atom is -0.323 e. The molecule has 0 saturated heterocycles. The highest BCUT2D eigenvalue weighted by molar-refractivity contribution is 5.02. The molecule has 3 nitrogen and oxygen atoms in total. The fourth-order valence-electron chi connectivity index (χ4n) is 0.676. The summed E-state index contributed by atoms with van der Waals surface area (Å²) >= 11 is 0. The zero-order valence-electron chi connectivity index (χ0n) is 5.70. The molecule has 0 aliphatic carbocycles.